The number of hydrogen-bond acceptors (Lipinski definition) is 2. The number of rotatable bonds is 7. The fourth-order valence-corrected chi connectivity index (χ4v) is 2.36. The second-order valence-corrected chi connectivity index (χ2v) is 5.63. The lowest BCUT2D eigenvalue weighted by atomic mass is 9.92. The van der Waals surface area contributed by atoms with Gasteiger partial charge in [0.1, 0.15) is 5.54 Å². The first kappa shape index (κ1) is 17.5. The molecule has 0 atom stereocenters. The smallest absolute Gasteiger partial charge is 0.329 e. The van der Waals surface area contributed by atoms with Crippen LogP contribution in [0.15, 0.2) is 18.2 Å². The molecule has 0 aliphatic rings. The van der Waals surface area contributed by atoms with E-state index < -0.39 is 11.5 Å². The van der Waals surface area contributed by atoms with E-state index in [4.69, 9.17) is 11.6 Å². The highest BCUT2D eigenvalue weighted by molar-refractivity contribution is 6.31. The number of halogens is 1. The fourth-order valence-electron chi connectivity index (χ4n) is 2.16. The Hall–Kier alpha value is -1.55. The van der Waals surface area contributed by atoms with Crippen molar-refractivity contribution >= 4 is 23.5 Å². The summed E-state index contributed by atoms with van der Waals surface area (Å²) in [6.07, 6.45) is 1.51. The first-order valence-electron chi connectivity index (χ1n) is 7.14. The molecule has 5 heteroatoms. The molecular formula is C16H22ClNO3. The number of carboxylic acid groups (broad SMARTS) is 1. The Morgan fingerprint density at radius 2 is 1.90 bits per heavy atom. The number of carbonyl (C=O) groups excluding carboxylic acids is 1. The van der Waals surface area contributed by atoms with Gasteiger partial charge in [-0.15, -0.1) is 0 Å². The predicted octanol–water partition coefficient (Wildman–Crippen LogP) is 3.34. The van der Waals surface area contributed by atoms with Gasteiger partial charge in [-0.2, -0.15) is 0 Å². The van der Waals surface area contributed by atoms with E-state index in [1.54, 1.807) is 13.8 Å². The molecule has 21 heavy (non-hydrogen) atoms. The van der Waals surface area contributed by atoms with E-state index in [2.05, 4.69) is 5.32 Å². The Labute approximate surface area is 130 Å². The second-order valence-electron chi connectivity index (χ2n) is 5.23. The van der Waals surface area contributed by atoms with Crippen molar-refractivity contribution in [2.45, 2.75) is 52.0 Å². The summed E-state index contributed by atoms with van der Waals surface area (Å²) in [6, 6.07) is 5.68. The molecular weight excluding hydrogens is 290 g/mol. The first-order valence-corrected chi connectivity index (χ1v) is 7.52. The molecule has 0 fully saturated rings. The van der Waals surface area contributed by atoms with Crippen LogP contribution in [0, 0.1) is 6.92 Å². The molecule has 1 aromatic carbocycles. The predicted molar refractivity (Wildman–Crippen MR) is 83.6 cm³/mol. The third-order valence-electron chi connectivity index (χ3n) is 3.87. The lowest BCUT2D eigenvalue weighted by Crippen LogP contribution is -2.53. The zero-order valence-corrected chi connectivity index (χ0v) is 13.5. The van der Waals surface area contributed by atoms with Crippen LogP contribution in [0.4, 0.5) is 0 Å². The Bertz CT molecular complexity index is 524. The van der Waals surface area contributed by atoms with Crippen molar-refractivity contribution < 1.29 is 14.7 Å². The van der Waals surface area contributed by atoms with Crippen LogP contribution in [0.3, 0.4) is 0 Å². The van der Waals surface area contributed by atoms with Crippen molar-refractivity contribution in [1.82, 2.24) is 5.32 Å². The minimum absolute atomic E-state index is 0.244. The number of carboxylic acids is 1. The topological polar surface area (TPSA) is 66.4 Å². The summed E-state index contributed by atoms with van der Waals surface area (Å²) in [4.78, 5) is 23.3. The molecule has 0 saturated heterocycles. The first-order chi connectivity index (χ1) is 9.84. The van der Waals surface area contributed by atoms with Crippen LogP contribution in [-0.2, 0) is 16.0 Å². The number of hydrogen-bond donors (Lipinski definition) is 2. The standard InChI is InChI=1S/C16H22ClNO3/c1-4-16(5-2,15(20)21)18-14(19)9-8-12-7-6-11(3)13(17)10-12/h6-7,10H,4-5,8-9H2,1-3H3,(H,18,19)(H,20,21). The molecule has 0 bridgehead atoms. The minimum atomic E-state index is -1.16. The van der Waals surface area contributed by atoms with Crippen LogP contribution in [0.1, 0.15) is 44.2 Å². The molecule has 0 unspecified atom stereocenters. The number of amides is 1. The van der Waals surface area contributed by atoms with E-state index in [1.807, 2.05) is 25.1 Å². The molecule has 1 aromatic rings. The van der Waals surface area contributed by atoms with Gasteiger partial charge in [0.15, 0.2) is 0 Å². The quantitative estimate of drug-likeness (QED) is 0.811. The molecule has 2 N–H and O–H groups in total. The van der Waals surface area contributed by atoms with Crippen LogP contribution < -0.4 is 5.32 Å². The highest BCUT2D eigenvalue weighted by Crippen LogP contribution is 2.19. The Morgan fingerprint density at radius 1 is 1.29 bits per heavy atom. The maximum absolute atomic E-state index is 12.0. The zero-order valence-electron chi connectivity index (χ0n) is 12.7. The SMILES string of the molecule is CCC(CC)(NC(=O)CCc1ccc(C)c(Cl)c1)C(=O)O. The summed E-state index contributed by atoms with van der Waals surface area (Å²) in [6.45, 7) is 5.44. The van der Waals surface area contributed by atoms with Crippen molar-refractivity contribution in [3.05, 3.63) is 34.3 Å². The summed E-state index contributed by atoms with van der Waals surface area (Å²) in [7, 11) is 0. The normalized spacial score (nSPS) is 11.2. The number of benzene rings is 1. The van der Waals surface area contributed by atoms with Crippen molar-refractivity contribution in [1.29, 1.82) is 0 Å². The van der Waals surface area contributed by atoms with Gasteiger partial charge in [-0.1, -0.05) is 37.6 Å². The largest absolute Gasteiger partial charge is 0.480 e. The summed E-state index contributed by atoms with van der Waals surface area (Å²) < 4.78 is 0. The fraction of sp³-hybridized carbons (Fsp3) is 0.500. The molecule has 0 saturated carbocycles. The average molecular weight is 312 g/mol. The molecule has 4 nitrogen and oxygen atoms in total. The Kier molecular flexibility index (Phi) is 6.21. The van der Waals surface area contributed by atoms with Gasteiger partial charge in [-0.25, -0.2) is 4.79 Å². The van der Waals surface area contributed by atoms with Crippen LogP contribution in [0.25, 0.3) is 0 Å². The van der Waals surface area contributed by atoms with E-state index in [1.165, 1.54) is 0 Å². The van der Waals surface area contributed by atoms with Gasteiger partial charge < -0.3 is 10.4 Å². The summed E-state index contributed by atoms with van der Waals surface area (Å²) in [5.74, 6) is -1.24. The molecule has 0 heterocycles. The Morgan fingerprint density at radius 3 is 2.38 bits per heavy atom. The van der Waals surface area contributed by atoms with Gasteiger partial charge in [-0.3, -0.25) is 4.79 Å². The lowest BCUT2D eigenvalue weighted by molar-refractivity contribution is -0.148. The van der Waals surface area contributed by atoms with E-state index in [0.29, 0.717) is 24.3 Å². The van der Waals surface area contributed by atoms with Crippen molar-refractivity contribution in [2.24, 2.45) is 0 Å². The number of carbonyl (C=O) groups is 2. The molecule has 116 valence electrons. The van der Waals surface area contributed by atoms with Gasteiger partial charge >= 0.3 is 5.97 Å². The molecule has 0 spiro atoms. The van der Waals surface area contributed by atoms with Crippen LogP contribution in [0.2, 0.25) is 5.02 Å². The number of aliphatic carboxylic acids is 1. The monoisotopic (exact) mass is 311 g/mol. The highest BCUT2D eigenvalue weighted by atomic mass is 35.5. The Balaban J connectivity index is 2.65. The summed E-state index contributed by atoms with van der Waals surface area (Å²) >= 11 is 6.04. The van der Waals surface area contributed by atoms with E-state index in [0.717, 1.165) is 11.1 Å². The van der Waals surface area contributed by atoms with Crippen molar-refractivity contribution in [3.63, 3.8) is 0 Å². The van der Waals surface area contributed by atoms with E-state index >= 15 is 0 Å². The van der Waals surface area contributed by atoms with Gasteiger partial charge in [0, 0.05) is 11.4 Å². The lowest BCUT2D eigenvalue weighted by Gasteiger charge is -2.28. The molecule has 0 aromatic heterocycles. The number of aryl methyl sites for hydroxylation is 2. The number of nitrogens with one attached hydrogen (secondary N) is 1. The van der Waals surface area contributed by atoms with Gasteiger partial charge in [-0.05, 0) is 43.4 Å². The van der Waals surface area contributed by atoms with Gasteiger partial charge in [0.25, 0.3) is 0 Å². The highest BCUT2D eigenvalue weighted by Gasteiger charge is 2.36. The van der Waals surface area contributed by atoms with Crippen LogP contribution in [-0.4, -0.2) is 22.5 Å². The molecule has 0 aliphatic heterocycles. The zero-order chi connectivity index (χ0) is 16.0. The van der Waals surface area contributed by atoms with Crippen molar-refractivity contribution in [2.75, 3.05) is 0 Å². The van der Waals surface area contributed by atoms with Crippen LogP contribution >= 0.6 is 11.6 Å². The minimum Gasteiger partial charge on any atom is -0.480 e. The average Bonchev–Trinajstić information content (AvgIpc) is 2.45. The molecule has 1 amide bonds. The third kappa shape index (κ3) is 4.46. The van der Waals surface area contributed by atoms with Crippen molar-refractivity contribution in [3.8, 4) is 0 Å². The maximum Gasteiger partial charge on any atom is 0.329 e. The molecule has 0 radical (unpaired) electrons. The van der Waals surface area contributed by atoms with Gasteiger partial charge in [0.2, 0.25) is 5.91 Å². The molecule has 0 aliphatic carbocycles. The van der Waals surface area contributed by atoms with Gasteiger partial charge in [0.05, 0.1) is 0 Å². The van der Waals surface area contributed by atoms with E-state index in [9.17, 15) is 14.7 Å². The van der Waals surface area contributed by atoms with Crippen LogP contribution in [0.5, 0.6) is 0 Å². The molecule has 1 rings (SSSR count). The van der Waals surface area contributed by atoms with E-state index in [-0.39, 0.29) is 12.3 Å². The second kappa shape index (κ2) is 7.46. The summed E-state index contributed by atoms with van der Waals surface area (Å²) in [5, 5.41) is 12.6. The maximum atomic E-state index is 12.0. The summed E-state index contributed by atoms with van der Waals surface area (Å²) in [5.41, 5.74) is 0.795. The third-order valence-corrected chi connectivity index (χ3v) is 4.28.